The fourth-order valence-electron chi connectivity index (χ4n) is 3.97. The van der Waals surface area contributed by atoms with Crippen molar-refractivity contribution in [3.05, 3.63) is 51.2 Å². The number of hydrogen-bond donors (Lipinski definition) is 1. The Morgan fingerprint density at radius 3 is 2.39 bits per heavy atom. The van der Waals surface area contributed by atoms with Crippen molar-refractivity contribution in [1.29, 1.82) is 0 Å². The van der Waals surface area contributed by atoms with Crippen molar-refractivity contribution in [2.45, 2.75) is 46.6 Å². The number of benzene rings is 1. The molecular weight excluding hydrogens is 430 g/mol. The van der Waals surface area contributed by atoms with Gasteiger partial charge in [-0.1, -0.05) is 32.0 Å². The van der Waals surface area contributed by atoms with Crippen LogP contribution in [0.1, 0.15) is 46.1 Å². The van der Waals surface area contributed by atoms with Gasteiger partial charge in [0.2, 0.25) is 5.91 Å². The van der Waals surface area contributed by atoms with E-state index in [-0.39, 0.29) is 29.3 Å². The number of nitrogens with one attached hydrogen (secondary N) is 1. The largest absolute Gasteiger partial charge is 0.468 e. The highest BCUT2D eigenvalue weighted by Gasteiger charge is 2.44. The molecule has 0 fully saturated rings. The van der Waals surface area contributed by atoms with Gasteiger partial charge in [-0.2, -0.15) is 0 Å². The Hall–Kier alpha value is -3.56. The number of hydrogen-bond acceptors (Lipinski definition) is 8. The summed E-state index contributed by atoms with van der Waals surface area (Å²) >= 11 is 0. The van der Waals surface area contributed by atoms with Gasteiger partial charge < -0.3 is 14.8 Å². The minimum absolute atomic E-state index is 0.0558. The second kappa shape index (κ2) is 10.8. The molecule has 1 aliphatic rings. The monoisotopic (exact) mass is 459 g/mol. The van der Waals surface area contributed by atoms with E-state index in [1.165, 1.54) is 25.3 Å². The maximum Gasteiger partial charge on any atom is 0.328 e. The molecule has 10 nitrogen and oxygen atoms in total. The Morgan fingerprint density at radius 1 is 1.21 bits per heavy atom. The Morgan fingerprint density at radius 2 is 1.85 bits per heavy atom. The van der Waals surface area contributed by atoms with Crippen LogP contribution < -0.4 is 5.32 Å². The SMILES string of the molecule is CCOC(=O)[C@@H](NC(=O)C1=C(C)N=C(C)C(C(=O)OC)[C@H]1c1ccccc1[N+](=O)[O-])C(C)C. The van der Waals surface area contributed by atoms with Gasteiger partial charge >= 0.3 is 11.9 Å². The molecule has 1 aromatic carbocycles. The van der Waals surface area contributed by atoms with Crippen molar-refractivity contribution in [3.8, 4) is 0 Å². The van der Waals surface area contributed by atoms with E-state index in [0.29, 0.717) is 11.4 Å². The first-order chi connectivity index (χ1) is 15.5. The third-order valence-electron chi connectivity index (χ3n) is 5.49. The number of allylic oxidation sites excluding steroid dienone is 1. The molecule has 0 saturated carbocycles. The molecule has 0 saturated heterocycles. The van der Waals surface area contributed by atoms with Crippen LogP contribution in [0.15, 0.2) is 40.5 Å². The molecule has 1 N–H and O–H groups in total. The van der Waals surface area contributed by atoms with Crippen LogP contribution in [-0.2, 0) is 23.9 Å². The molecule has 1 aromatic rings. The predicted molar refractivity (Wildman–Crippen MR) is 121 cm³/mol. The average Bonchev–Trinajstić information content (AvgIpc) is 2.76. The molecule has 0 radical (unpaired) electrons. The van der Waals surface area contributed by atoms with E-state index in [4.69, 9.17) is 9.47 Å². The first-order valence-corrected chi connectivity index (χ1v) is 10.6. The lowest BCUT2D eigenvalue weighted by Crippen LogP contribution is -2.48. The van der Waals surface area contributed by atoms with Crippen LogP contribution in [-0.4, -0.2) is 48.2 Å². The zero-order valence-electron chi connectivity index (χ0n) is 19.6. The highest BCUT2D eigenvalue weighted by molar-refractivity contribution is 6.08. The summed E-state index contributed by atoms with van der Waals surface area (Å²) < 4.78 is 10.0. The third kappa shape index (κ3) is 5.44. The fraction of sp³-hybridized carbons (Fsp3) is 0.478. The van der Waals surface area contributed by atoms with Crippen LogP contribution in [0.3, 0.4) is 0 Å². The van der Waals surface area contributed by atoms with Crippen molar-refractivity contribution < 1.29 is 28.8 Å². The standard InChI is InChI=1S/C23H29N3O7/c1-7-33-23(29)20(12(2)3)25-21(27)17-13(4)24-14(5)18(22(28)32-6)19(17)15-10-8-9-11-16(15)26(30)31/h8-12,18-20H,7H2,1-6H3,(H,25,27)/t18?,19-,20-/m0/s1. The number of carbonyl (C=O) groups excluding carboxylic acids is 3. The quantitative estimate of drug-likeness (QED) is 0.358. The number of nitrogens with zero attached hydrogens (tertiary/aromatic N) is 2. The van der Waals surface area contributed by atoms with Gasteiger partial charge in [-0.05, 0) is 26.7 Å². The van der Waals surface area contributed by atoms with Gasteiger partial charge in [0, 0.05) is 34.5 Å². The van der Waals surface area contributed by atoms with Gasteiger partial charge in [0.1, 0.15) is 12.0 Å². The number of esters is 2. The molecule has 178 valence electrons. The predicted octanol–water partition coefficient (Wildman–Crippen LogP) is 2.92. The first-order valence-electron chi connectivity index (χ1n) is 10.6. The van der Waals surface area contributed by atoms with E-state index in [0.717, 1.165) is 0 Å². The number of aliphatic imine (C=N–C) groups is 1. The van der Waals surface area contributed by atoms with Crippen molar-refractivity contribution in [3.63, 3.8) is 0 Å². The maximum atomic E-state index is 13.5. The number of rotatable bonds is 8. The lowest BCUT2D eigenvalue weighted by molar-refractivity contribution is -0.385. The molecule has 1 aliphatic heterocycles. The third-order valence-corrected chi connectivity index (χ3v) is 5.49. The van der Waals surface area contributed by atoms with Gasteiger partial charge in [0.15, 0.2) is 0 Å². The van der Waals surface area contributed by atoms with E-state index < -0.39 is 40.6 Å². The van der Waals surface area contributed by atoms with E-state index >= 15 is 0 Å². The zero-order valence-corrected chi connectivity index (χ0v) is 19.6. The molecule has 33 heavy (non-hydrogen) atoms. The van der Waals surface area contributed by atoms with Gasteiger partial charge in [-0.3, -0.25) is 24.7 Å². The van der Waals surface area contributed by atoms with Gasteiger partial charge in [-0.25, -0.2) is 4.79 Å². The van der Waals surface area contributed by atoms with Crippen LogP contribution in [0.4, 0.5) is 5.69 Å². The lowest BCUT2D eigenvalue weighted by Gasteiger charge is -2.32. The van der Waals surface area contributed by atoms with E-state index in [2.05, 4.69) is 10.3 Å². The van der Waals surface area contributed by atoms with Crippen LogP contribution >= 0.6 is 0 Å². The molecule has 3 atom stereocenters. The molecular formula is C23H29N3O7. The van der Waals surface area contributed by atoms with Crippen LogP contribution in [0.25, 0.3) is 0 Å². The van der Waals surface area contributed by atoms with Crippen molar-refractivity contribution in [2.75, 3.05) is 13.7 Å². The fourth-order valence-corrected chi connectivity index (χ4v) is 3.97. The number of nitro groups is 1. The number of methoxy groups -OCH3 is 1. The number of para-hydroxylation sites is 1. The summed E-state index contributed by atoms with van der Waals surface area (Å²) in [7, 11) is 1.20. The summed E-state index contributed by atoms with van der Waals surface area (Å²) in [5.74, 6) is -4.31. The Kier molecular flexibility index (Phi) is 8.44. The minimum atomic E-state index is -1.05. The second-order valence-corrected chi connectivity index (χ2v) is 7.99. The first kappa shape index (κ1) is 25.7. The van der Waals surface area contributed by atoms with Crippen molar-refractivity contribution in [2.24, 2.45) is 16.8 Å². The Balaban J connectivity index is 2.67. The normalized spacial score (nSPS) is 18.9. The molecule has 0 bridgehead atoms. The highest BCUT2D eigenvalue weighted by Crippen LogP contribution is 2.42. The molecule has 0 spiro atoms. The highest BCUT2D eigenvalue weighted by atomic mass is 16.6. The summed E-state index contributed by atoms with van der Waals surface area (Å²) in [6.45, 7) is 8.51. The molecule has 10 heteroatoms. The van der Waals surface area contributed by atoms with Crippen LogP contribution in [0, 0.1) is 22.0 Å². The summed E-state index contributed by atoms with van der Waals surface area (Å²) in [5.41, 5.74) is 0.647. The Labute approximate surface area is 192 Å². The van der Waals surface area contributed by atoms with E-state index in [9.17, 15) is 24.5 Å². The lowest BCUT2D eigenvalue weighted by atomic mass is 9.74. The second-order valence-electron chi connectivity index (χ2n) is 7.99. The summed E-state index contributed by atoms with van der Waals surface area (Å²) in [5, 5.41) is 14.4. The molecule has 1 unspecified atom stereocenters. The average molecular weight is 459 g/mol. The number of ether oxygens (including phenoxy) is 2. The molecule has 1 amide bonds. The van der Waals surface area contributed by atoms with Gasteiger partial charge in [0.25, 0.3) is 5.69 Å². The molecule has 1 heterocycles. The van der Waals surface area contributed by atoms with Crippen LogP contribution in [0.5, 0.6) is 0 Å². The zero-order chi connectivity index (χ0) is 24.9. The van der Waals surface area contributed by atoms with Crippen molar-refractivity contribution in [1.82, 2.24) is 5.32 Å². The van der Waals surface area contributed by atoms with Gasteiger partial charge in [-0.15, -0.1) is 0 Å². The van der Waals surface area contributed by atoms with Crippen LogP contribution in [0.2, 0.25) is 0 Å². The van der Waals surface area contributed by atoms with E-state index in [1.807, 2.05) is 0 Å². The maximum absolute atomic E-state index is 13.5. The molecule has 0 aliphatic carbocycles. The number of nitro benzene ring substituents is 1. The summed E-state index contributed by atoms with van der Waals surface area (Å²) in [4.78, 5) is 54.2. The molecule has 2 rings (SSSR count). The smallest absolute Gasteiger partial charge is 0.328 e. The summed E-state index contributed by atoms with van der Waals surface area (Å²) in [6.07, 6.45) is 0. The number of carbonyl (C=O) groups is 3. The minimum Gasteiger partial charge on any atom is -0.468 e. The topological polar surface area (TPSA) is 137 Å². The summed E-state index contributed by atoms with van der Waals surface area (Å²) in [6, 6.07) is 4.96. The number of amides is 1. The van der Waals surface area contributed by atoms with Crippen molar-refractivity contribution >= 4 is 29.2 Å². The Bertz CT molecular complexity index is 1010. The van der Waals surface area contributed by atoms with E-state index in [1.54, 1.807) is 40.7 Å². The molecule has 0 aromatic heterocycles. The van der Waals surface area contributed by atoms with Gasteiger partial charge in [0.05, 0.1) is 18.6 Å².